The van der Waals surface area contributed by atoms with Crippen molar-refractivity contribution >= 4 is 61.5 Å². The van der Waals surface area contributed by atoms with Crippen molar-refractivity contribution in [1.82, 2.24) is 10.2 Å². The van der Waals surface area contributed by atoms with Crippen molar-refractivity contribution in [2.45, 2.75) is 33.4 Å². The summed E-state index contributed by atoms with van der Waals surface area (Å²) in [7, 11) is -3.86. The average Bonchev–Trinajstić information content (AvgIpc) is 2.84. The van der Waals surface area contributed by atoms with Crippen LogP contribution in [0.1, 0.15) is 26.3 Å². The van der Waals surface area contributed by atoms with Gasteiger partial charge in [-0.05, 0) is 36.4 Å². The molecule has 0 heterocycles. The SMILES string of the molecule is CC(C)CNC(=O)C(C)N(Cc1c(Cl)cccc1Cl)C(=O)CN(c1cccc2ccccc12)S(C)(=O)=O. The summed E-state index contributed by atoms with van der Waals surface area (Å²) in [5.74, 6) is -0.715. The number of nitrogens with one attached hydrogen (secondary N) is 1. The van der Waals surface area contributed by atoms with Gasteiger partial charge in [0, 0.05) is 34.1 Å². The largest absolute Gasteiger partial charge is 0.354 e. The third-order valence-electron chi connectivity index (χ3n) is 5.96. The second-order valence-electron chi connectivity index (χ2n) is 9.30. The van der Waals surface area contributed by atoms with Crippen LogP contribution in [0, 0.1) is 5.92 Å². The Kier molecular flexibility index (Phi) is 9.45. The molecule has 0 fully saturated rings. The van der Waals surface area contributed by atoms with E-state index in [-0.39, 0.29) is 18.4 Å². The third kappa shape index (κ3) is 7.15. The van der Waals surface area contributed by atoms with E-state index >= 15 is 0 Å². The Bertz CT molecular complexity index is 1370. The molecule has 37 heavy (non-hydrogen) atoms. The molecule has 1 unspecified atom stereocenters. The van der Waals surface area contributed by atoms with Gasteiger partial charge in [0.1, 0.15) is 12.6 Å². The summed E-state index contributed by atoms with van der Waals surface area (Å²) in [6, 6.07) is 16.7. The van der Waals surface area contributed by atoms with Crippen LogP contribution in [-0.2, 0) is 26.2 Å². The number of rotatable bonds is 10. The molecule has 10 heteroatoms. The predicted octanol–water partition coefficient (Wildman–Crippen LogP) is 5.10. The van der Waals surface area contributed by atoms with Gasteiger partial charge in [0.25, 0.3) is 0 Å². The third-order valence-corrected chi connectivity index (χ3v) is 7.79. The topological polar surface area (TPSA) is 86.8 Å². The zero-order chi connectivity index (χ0) is 27.3. The maximum atomic E-state index is 13.8. The van der Waals surface area contributed by atoms with Gasteiger partial charge in [0.2, 0.25) is 21.8 Å². The monoisotopic (exact) mass is 563 g/mol. The van der Waals surface area contributed by atoms with Gasteiger partial charge in [-0.2, -0.15) is 0 Å². The smallest absolute Gasteiger partial charge is 0.244 e. The fourth-order valence-electron chi connectivity index (χ4n) is 3.91. The molecule has 3 rings (SSSR count). The minimum Gasteiger partial charge on any atom is -0.354 e. The zero-order valence-electron chi connectivity index (χ0n) is 21.2. The molecule has 198 valence electrons. The highest BCUT2D eigenvalue weighted by Crippen LogP contribution is 2.30. The van der Waals surface area contributed by atoms with E-state index < -0.39 is 28.5 Å². The van der Waals surface area contributed by atoms with Gasteiger partial charge in [0.05, 0.1) is 11.9 Å². The lowest BCUT2D eigenvalue weighted by Gasteiger charge is -2.32. The molecule has 0 saturated heterocycles. The fourth-order valence-corrected chi connectivity index (χ4v) is 5.29. The molecule has 7 nitrogen and oxygen atoms in total. The number of nitrogens with zero attached hydrogens (tertiary/aromatic N) is 2. The van der Waals surface area contributed by atoms with Crippen LogP contribution in [0.4, 0.5) is 5.69 Å². The van der Waals surface area contributed by atoms with Gasteiger partial charge in [-0.15, -0.1) is 0 Å². The van der Waals surface area contributed by atoms with Crippen LogP contribution in [0.15, 0.2) is 60.7 Å². The average molecular weight is 565 g/mol. The van der Waals surface area contributed by atoms with Gasteiger partial charge in [0.15, 0.2) is 0 Å². The summed E-state index contributed by atoms with van der Waals surface area (Å²) in [5, 5.41) is 5.05. The standard InChI is InChI=1S/C27H31Cl2N3O4S/c1-18(2)15-30-27(34)19(3)31(16-22-23(28)12-8-13-24(22)29)26(33)17-32(37(4,35)36)25-14-7-10-20-9-5-6-11-21(20)25/h5-14,18-19H,15-17H2,1-4H3,(H,30,34). The Morgan fingerprint density at radius 2 is 1.51 bits per heavy atom. The van der Waals surface area contributed by atoms with Crippen LogP contribution in [0.25, 0.3) is 10.8 Å². The minimum atomic E-state index is -3.86. The van der Waals surface area contributed by atoms with E-state index in [0.717, 1.165) is 15.9 Å². The van der Waals surface area contributed by atoms with Gasteiger partial charge >= 0.3 is 0 Å². The summed E-state index contributed by atoms with van der Waals surface area (Å²) < 4.78 is 26.9. The summed E-state index contributed by atoms with van der Waals surface area (Å²) >= 11 is 12.8. The lowest BCUT2D eigenvalue weighted by molar-refractivity contribution is -0.139. The van der Waals surface area contributed by atoms with E-state index in [9.17, 15) is 18.0 Å². The highest BCUT2D eigenvalue weighted by molar-refractivity contribution is 7.92. The maximum Gasteiger partial charge on any atom is 0.244 e. The first-order valence-electron chi connectivity index (χ1n) is 11.9. The summed E-state index contributed by atoms with van der Waals surface area (Å²) in [4.78, 5) is 28.1. The number of anilines is 1. The van der Waals surface area contributed by atoms with E-state index in [1.54, 1.807) is 49.4 Å². The van der Waals surface area contributed by atoms with E-state index in [4.69, 9.17) is 23.2 Å². The van der Waals surface area contributed by atoms with Crippen molar-refractivity contribution in [2.24, 2.45) is 5.92 Å². The van der Waals surface area contributed by atoms with Crippen LogP contribution >= 0.6 is 23.2 Å². The number of amides is 2. The summed E-state index contributed by atoms with van der Waals surface area (Å²) in [5.41, 5.74) is 0.848. The quantitative estimate of drug-likeness (QED) is 0.371. The Labute approximate surface area is 228 Å². The van der Waals surface area contributed by atoms with Gasteiger partial charge < -0.3 is 10.2 Å². The van der Waals surface area contributed by atoms with Crippen LogP contribution in [0.3, 0.4) is 0 Å². The lowest BCUT2D eigenvalue weighted by Crippen LogP contribution is -2.51. The number of carbonyl (C=O) groups excluding carboxylic acids is 2. The first-order chi connectivity index (χ1) is 17.4. The van der Waals surface area contributed by atoms with Crippen molar-refractivity contribution in [1.29, 1.82) is 0 Å². The van der Waals surface area contributed by atoms with Crippen molar-refractivity contribution < 1.29 is 18.0 Å². The Morgan fingerprint density at radius 3 is 2.14 bits per heavy atom. The molecule has 3 aromatic carbocycles. The van der Waals surface area contributed by atoms with E-state index in [0.29, 0.717) is 33.2 Å². The highest BCUT2D eigenvalue weighted by atomic mass is 35.5. The summed E-state index contributed by atoms with van der Waals surface area (Å²) in [6.45, 7) is 5.39. The summed E-state index contributed by atoms with van der Waals surface area (Å²) in [6.07, 6.45) is 1.05. The normalized spacial score (nSPS) is 12.4. The van der Waals surface area contributed by atoms with Crippen LogP contribution in [0.2, 0.25) is 10.0 Å². The molecule has 0 aliphatic carbocycles. The second kappa shape index (κ2) is 12.2. The molecule has 0 spiro atoms. The molecule has 0 aromatic heterocycles. The predicted molar refractivity (Wildman–Crippen MR) is 150 cm³/mol. The van der Waals surface area contributed by atoms with Gasteiger partial charge in [-0.25, -0.2) is 8.42 Å². The Morgan fingerprint density at radius 1 is 0.919 bits per heavy atom. The van der Waals surface area contributed by atoms with E-state index in [1.165, 1.54) is 4.90 Å². The number of halogens is 2. The zero-order valence-corrected chi connectivity index (χ0v) is 23.6. The fraction of sp³-hybridized carbons (Fsp3) is 0.333. The van der Waals surface area contributed by atoms with Crippen LogP contribution < -0.4 is 9.62 Å². The molecular weight excluding hydrogens is 533 g/mol. The van der Waals surface area contributed by atoms with Gasteiger partial charge in [-0.1, -0.05) is 79.5 Å². The number of hydrogen-bond donors (Lipinski definition) is 1. The number of benzene rings is 3. The highest BCUT2D eigenvalue weighted by Gasteiger charge is 2.31. The molecule has 0 aliphatic heterocycles. The van der Waals surface area contributed by atoms with Crippen molar-refractivity contribution in [3.8, 4) is 0 Å². The number of sulfonamides is 1. The van der Waals surface area contributed by atoms with E-state index in [1.807, 2.05) is 32.0 Å². The number of fused-ring (bicyclic) bond motifs is 1. The molecule has 1 atom stereocenters. The van der Waals surface area contributed by atoms with E-state index in [2.05, 4.69) is 5.32 Å². The van der Waals surface area contributed by atoms with Crippen molar-refractivity contribution in [3.63, 3.8) is 0 Å². The van der Waals surface area contributed by atoms with Crippen molar-refractivity contribution in [3.05, 3.63) is 76.3 Å². The molecule has 3 aromatic rings. The van der Waals surface area contributed by atoms with Crippen molar-refractivity contribution in [2.75, 3.05) is 23.7 Å². The maximum absolute atomic E-state index is 13.8. The molecule has 1 N–H and O–H groups in total. The lowest BCUT2D eigenvalue weighted by atomic mass is 10.1. The minimum absolute atomic E-state index is 0.0687. The number of hydrogen-bond acceptors (Lipinski definition) is 4. The molecule has 0 radical (unpaired) electrons. The molecular formula is C27H31Cl2N3O4S. The Balaban J connectivity index is 2.01. The first-order valence-corrected chi connectivity index (χ1v) is 14.5. The van der Waals surface area contributed by atoms with Crippen LogP contribution in [0.5, 0.6) is 0 Å². The number of carbonyl (C=O) groups is 2. The van der Waals surface area contributed by atoms with Crippen LogP contribution in [-0.4, -0.2) is 50.5 Å². The molecule has 0 bridgehead atoms. The molecule has 2 amide bonds. The Hall–Kier alpha value is -2.81. The molecule has 0 saturated carbocycles. The first kappa shape index (κ1) is 28.8. The van der Waals surface area contributed by atoms with Gasteiger partial charge in [-0.3, -0.25) is 13.9 Å². The second-order valence-corrected chi connectivity index (χ2v) is 12.0. The molecule has 0 aliphatic rings.